The third-order valence-electron chi connectivity index (χ3n) is 6.02. The zero-order valence-corrected chi connectivity index (χ0v) is 19.1. The molecule has 1 aliphatic heterocycles. The van der Waals surface area contributed by atoms with Crippen molar-refractivity contribution < 1.29 is 23.7 Å². The molecule has 0 aromatic heterocycles. The Morgan fingerprint density at radius 1 is 0.706 bits per heavy atom. The Morgan fingerprint density at radius 3 is 1.68 bits per heavy atom. The number of hydrogen-bond donors (Lipinski definition) is 2. The molecule has 2 N–H and O–H groups in total. The average molecular weight is 466 g/mol. The van der Waals surface area contributed by atoms with Crippen molar-refractivity contribution in [3.63, 3.8) is 0 Å². The minimum absolute atomic E-state index is 0.289. The largest absolute Gasteiger partial charge is 0.393 e. The van der Waals surface area contributed by atoms with Gasteiger partial charge in [0, 0.05) is 0 Å². The van der Waals surface area contributed by atoms with Crippen molar-refractivity contribution in [1.29, 1.82) is 0 Å². The van der Waals surface area contributed by atoms with Crippen molar-refractivity contribution >= 4 is 0 Å². The van der Waals surface area contributed by atoms with Crippen LogP contribution in [0.15, 0.2) is 91.0 Å². The van der Waals surface area contributed by atoms with E-state index < -0.39 is 31.0 Å². The van der Waals surface area contributed by atoms with Crippen LogP contribution in [0.2, 0.25) is 0 Å². The van der Waals surface area contributed by atoms with Gasteiger partial charge in [0.1, 0.15) is 18.4 Å². The Labute approximate surface area is 200 Å². The number of hydrogen-bond acceptors (Lipinski definition) is 5. The average Bonchev–Trinajstić information content (AvgIpc) is 3.24. The summed E-state index contributed by atoms with van der Waals surface area (Å²) in [4.78, 5) is 0. The summed E-state index contributed by atoms with van der Waals surface area (Å²) < 4.78 is 33.3. The molecule has 1 fully saturated rings. The summed E-state index contributed by atoms with van der Waals surface area (Å²) in [5, 5.41) is 12.9. The molecule has 0 saturated carbocycles. The van der Waals surface area contributed by atoms with E-state index >= 15 is 0 Å². The van der Waals surface area contributed by atoms with E-state index in [1.54, 1.807) is 0 Å². The number of ether oxygens (including phenoxy) is 3. The molecule has 0 radical (unpaired) electrons. The van der Waals surface area contributed by atoms with Gasteiger partial charge in [-0.3, -0.25) is 0 Å². The Balaban J connectivity index is 1.48. The first-order valence-electron chi connectivity index (χ1n) is 11.7. The van der Waals surface area contributed by atoms with Crippen LogP contribution < -0.4 is 5.32 Å². The topological polar surface area (TPSA) is 60.0 Å². The molecule has 180 valence electrons. The van der Waals surface area contributed by atoms with Crippen molar-refractivity contribution in [2.45, 2.75) is 50.3 Å². The Kier molecular flexibility index (Phi) is 9.19. The molecule has 3 aromatic rings. The van der Waals surface area contributed by atoms with Gasteiger partial charge in [0.25, 0.3) is 0 Å². The maximum Gasteiger partial charge on any atom is 0.141 e. The lowest BCUT2D eigenvalue weighted by molar-refractivity contribution is -0.0923. The molecular weight excluding hydrogens is 433 g/mol. The van der Waals surface area contributed by atoms with Crippen molar-refractivity contribution in [2.24, 2.45) is 0 Å². The van der Waals surface area contributed by atoms with E-state index in [4.69, 9.17) is 14.2 Å². The molecule has 1 aliphatic rings. The predicted octanol–water partition coefficient (Wildman–Crippen LogP) is 4.04. The number of halogens is 1. The second-order valence-electron chi connectivity index (χ2n) is 8.52. The van der Waals surface area contributed by atoms with Crippen LogP contribution in [0.5, 0.6) is 0 Å². The van der Waals surface area contributed by atoms with Gasteiger partial charge in [-0.1, -0.05) is 91.0 Å². The van der Waals surface area contributed by atoms with Crippen LogP contribution in [-0.2, 0) is 34.0 Å². The lowest BCUT2D eigenvalue weighted by Gasteiger charge is -2.27. The molecule has 5 nitrogen and oxygen atoms in total. The fourth-order valence-corrected chi connectivity index (χ4v) is 4.26. The highest BCUT2D eigenvalue weighted by Gasteiger charge is 2.48. The quantitative estimate of drug-likeness (QED) is 0.423. The molecular formula is C28H32FNO4. The Hall–Kier alpha value is -2.61. The van der Waals surface area contributed by atoms with Gasteiger partial charge < -0.3 is 24.6 Å². The van der Waals surface area contributed by atoms with Gasteiger partial charge in [-0.2, -0.15) is 0 Å². The highest BCUT2D eigenvalue weighted by Crippen LogP contribution is 2.27. The molecule has 5 atom stereocenters. The van der Waals surface area contributed by atoms with Gasteiger partial charge in [-0.05, 0) is 16.7 Å². The third-order valence-corrected chi connectivity index (χ3v) is 6.02. The highest BCUT2D eigenvalue weighted by atomic mass is 19.1. The lowest BCUT2D eigenvalue weighted by Crippen LogP contribution is -2.44. The molecule has 0 bridgehead atoms. The number of aliphatic hydroxyl groups is 1. The van der Waals surface area contributed by atoms with Crippen LogP contribution in [0.3, 0.4) is 0 Å². The second-order valence-corrected chi connectivity index (χ2v) is 8.52. The van der Waals surface area contributed by atoms with Crippen molar-refractivity contribution in [1.82, 2.24) is 5.32 Å². The minimum Gasteiger partial charge on any atom is -0.393 e. The van der Waals surface area contributed by atoms with E-state index in [-0.39, 0.29) is 6.04 Å². The van der Waals surface area contributed by atoms with Gasteiger partial charge in [0.15, 0.2) is 0 Å². The van der Waals surface area contributed by atoms with Crippen molar-refractivity contribution in [3.8, 4) is 0 Å². The molecule has 4 rings (SSSR count). The molecule has 34 heavy (non-hydrogen) atoms. The second kappa shape index (κ2) is 12.7. The highest BCUT2D eigenvalue weighted by molar-refractivity contribution is 5.16. The maximum absolute atomic E-state index is 14.8. The van der Waals surface area contributed by atoms with Gasteiger partial charge in [0.2, 0.25) is 0 Å². The summed E-state index contributed by atoms with van der Waals surface area (Å²) >= 11 is 0. The molecule has 6 heteroatoms. The lowest BCUT2D eigenvalue weighted by atomic mass is 10.0. The number of rotatable bonds is 12. The van der Waals surface area contributed by atoms with E-state index in [1.165, 1.54) is 0 Å². The van der Waals surface area contributed by atoms with Crippen molar-refractivity contribution in [2.75, 3.05) is 13.2 Å². The molecule has 0 unspecified atom stereocenters. The molecule has 1 heterocycles. The molecule has 0 amide bonds. The Morgan fingerprint density at radius 2 is 1.18 bits per heavy atom. The van der Waals surface area contributed by atoms with Gasteiger partial charge in [-0.25, -0.2) is 4.39 Å². The first-order chi connectivity index (χ1) is 16.7. The van der Waals surface area contributed by atoms with Gasteiger partial charge >= 0.3 is 0 Å². The number of benzene rings is 3. The summed E-state index contributed by atoms with van der Waals surface area (Å²) in [5.41, 5.74) is 3.08. The maximum atomic E-state index is 14.8. The fraction of sp³-hybridized carbons (Fsp3) is 0.357. The van der Waals surface area contributed by atoms with E-state index in [1.807, 2.05) is 91.0 Å². The predicted molar refractivity (Wildman–Crippen MR) is 129 cm³/mol. The Bertz CT molecular complexity index is 960. The monoisotopic (exact) mass is 465 g/mol. The van der Waals surface area contributed by atoms with Crippen LogP contribution in [0.25, 0.3) is 0 Å². The summed E-state index contributed by atoms with van der Waals surface area (Å²) in [6, 6.07) is 28.5. The normalized spacial score (nSPS) is 23.1. The molecule has 3 aromatic carbocycles. The SMILES string of the molecule is OC[C@@H](F)[C@@H]1N[C@@H](COCc2ccccc2)[C@H](OCc2ccccc2)[C@H]1OCc1ccccc1. The molecule has 0 aliphatic carbocycles. The van der Waals surface area contributed by atoms with E-state index in [9.17, 15) is 9.50 Å². The summed E-state index contributed by atoms with van der Waals surface area (Å²) in [6.07, 6.45) is -2.52. The van der Waals surface area contributed by atoms with Crippen LogP contribution in [-0.4, -0.2) is 48.8 Å². The number of nitrogens with one attached hydrogen (secondary N) is 1. The first-order valence-corrected chi connectivity index (χ1v) is 11.7. The molecule has 0 spiro atoms. The van der Waals surface area contributed by atoms with Gasteiger partial charge in [0.05, 0.1) is 45.1 Å². The smallest absolute Gasteiger partial charge is 0.141 e. The minimum atomic E-state index is -1.48. The number of aliphatic hydroxyl groups excluding tert-OH is 1. The summed E-state index contributed by atoms with van der Waals surface area (Å²) in [7, 11) is 0. The zero-order chi connectivity index (χ0) is 23.6. The van der Waals surface area contributed by atoms with Crippen LogP contribution in [0, 0.1) is 0 Å². The van der Waals surface area contributed by atoms with Crippen LogP contribution in [0.4, 0.5) is 4.39 Å². The van der Waals surface area contributed by atoms with E-state index in [0.29, 0.717) is 26.4 Å². The molecule has 1 saturated heterocycles. The summed E-state index contributed by atoms with van der Waals surface area (Å²) in [5.74, 6) is 0. The van der Waals surface area contributed by atoms with E-state index in [0.717, 1.165) is 16.7 Å². The van der Waals surface area contributed by atoms with Gasteiger partial charge in [-0.15, -0.1) is 0 Å². The number of alkyl halides is 1. The fourth-order valence-electron chi connectivity index (χ4n) is 4.26. The zero-order valence-electron chi connectivity index (χ0n) is 19.1. The standard InChI is InChI=1S/C28H32FNO4/c29-24(16-31)26-28(34-19-23-14-8-3-9-15-23)27(33-18-22-12-6-2-7-13-22)25(30-26)20-32-17-21-10-4-1-5-11-21/h1-15,24-28,30-31H,16-20H2/t24-,25+,26+,27+,28+/m1/s1. The first kappa shape index (κ1) is 24.5. The summed E-state index contributed by atoms with van der Waals surface area (Å²) in [6.45, 7) is 0.880. The van der Waals surface area contributed by atoms with Crippen LogP contribution >= 0.6 is 0 Å². The van der Waals surface area contributed by atoms with E-state index in [2.05, 4.69) is 5.32 Å². The van der Waals surface area contributed by atoms with Crippen molar-refractivity contribution in [3.05, 3.63) is 108 Å². The van der Waals surface area contributed by atoms with Crippen LogP contribution in [0.1, 0.15) is 16.7 Å². The third kappa shape index (κ3) is 6.72.